The lowest BCUT2D eigenvalue weighted by Crippen LogP contribution is -2.39. The third-order valence-corrected chi connectivity index (χ3v) is 7.31. The molecule has 3 rings (SSSR count). The zero-order valence-electron chi connectivity index (χ0n) is 20.0. The van der Waals surface area contributed by atoms with E-state index in [9.17, 15) is 18.0 Å². The lowest BCUT2D eigenvalue weighted by molar-refractivity contribution is -0.114. The third kappa shape index (κ3) is 6.84. The average molecular weight is 530 g/mol. The van der Waals surface area contributed by atoms with E-state index in [0.717, 1.165) is 4.31 Å². The first-order valence-corrected chi connectivity index (χ1v) is 13.1. The molecular weight excluding hydrogens is 502 g/mol. The number of para-hydroxylation sites is 1. The zero-order valence-corrected chi connectivity index (χ0v) is 21.6. The van der Waals surface area contributed by atoms with E-state index in [1.165, 1.54) is 12.1 Å². The molecular formula is C26H28ClN3O5S. The van der Waals surface area contributed by atoms with Crippen molar-refractivity contribution in [2.24, 2.45) is 0 Å². The predicted molar refractivity (Wildman–Crippen MR) is 141 cm³/mol. The van der Waals surface area contributed by atoms with Crippen LogP contribution in [0.1, 0.15) is 22.3 Å². The molecule has 0 aliphatic carbocycles. The molecule has 190 valence electrons. The van der Waals surface area contributed by atoms with Crippen LogP contribution in [0.4, 0.5) is 11.4 Å². The number of carbonyl (C=O) groups is 2. The quantitative estimate of drug-likeness (QED) is 0.361. The zero-order chi connectivity index (χ0) is 26.1. The normalized spacial score (nSPS) is 11.1. The predicted octanol–water partition coefficient (Wildman–Crippen LogP) is 4.25. The Kier molecular flexibility index (Phi) is 9.46. The van der Waals surface area contributed by atoms with Crippen molar-refractivity contribution in [3.63, 3.8) is 0 Å². The molecule has 0 spiro atoms. The van der Waals surface area contributed by atoms with Gasteiger partial charge in [0, 0.05) is 25.3 Å². The van der Waals surface area contributed by atoms with Crippen LogP contribution in [0.15, 0.2) is 77.7 Å². The topological polar surface area (TPSA) is 105 Å². The van der Waals surface area contributed by atoms with Crippen LogP contribution in [0, 0.1) is 6.92 Å². The lowest BCUT2D eigenvalue weighted by atomic mass is 10.1. The number of anilines is 2. The van der Waals surface area contributed by atoms with Crippen molar-refractivity contribution in [3.8, 4) is 0 Å². The fourth-order valence-electron chi connectivity index (χ4n) is 3.54. The fourth-order valence-corrected chi connectivity index (χ4v) is 5.28. The smallest absolute Gasteiger partial charge is 0.264 e. The van der Waals surface area contributed by atoms with Crippen LogP contribution in [-0.2, 0) is 19.6 Å². The summed E-state index contributed by atoms with van der Waals surface area (Å²) in [7, 11) is -2.50. The van der Waals surface area contributed by atoms with E-state index in [1.807, 2.05) is 0 Å². The van der Waals surface area contributed by atoms with Gasteiger partial charge in [-0.2, -0.15) is 0 Å². The number of hydrogen-bond donors (Lipinski definition) is 2. The van der Waals surface area contributed by atoms with E-state index in [1.54, 1.807) is 74.7 Å². The highest BCUT2D eigenvalue weighted by Crippen LogP contribution is 2.29. The number of nitrogens with zero attached hydrogens (tertiary/aromatic N) is 1. The van der Waals surface area contributed by atoms with Gasteiger partial charge in [0.05, 0.1) is 21.8 Å². The number of amides is 2. The van der Waals surface area contributed by atoms with Crippen LogP contribution in [0.3, 0.4) is 0 Å². The van der Waals surface area contributed by atoms with E-state index in [-0.39, 0.29) is 22.1 Å². The van der Waals surface area contributed by atoms with Crippen molar-refractivity contribution >= 4 is 44.8 Å². The van der Waals surface area contributed by atoms with Gasteiger partial charge in [-0.15, -0.1) is 0 Å². The van der Waals surface area contributed by atoms with Gasteiger partial charge in [-0.3, -0.25) is 13.9 Å². The molecule has 0 radical (unpaired) electrons. The molecule has 0 saturated carbocycles. The Balaban J connectivity index is 1.87. The molecule has 0 aliphatic heterocycles. The summed E-state index contributed by atoms with van der Waals surface area (Å²) in [4.78, 5) is 25.8. The van der Waals surface area contributed by atoms with Crippen molar-refractivity contribution in [3.05, 3.63) is 88.9 Å². The molecule has 0 fully saturated rings. The first kappa shape index (κ1) is 27.2. The number of ether oxygens (including phenoxy) is 1. The molecule has 0 saturated heterocycles. The molecule has 3 aromatic carbocycles. The maximum atomic E-state index is 13.5. The number of benzene rings is 3. The molecule has 0 atom stereocenters. The average Bonchev–Trinajstić information content (AvgIpc) is 2.86. The third-order valence-electron chi connectivity index (χ3n) is 5.30. The summed E-state index contributed by atoms with van der Waals surface area (Å²) in [6.07, 6.45) is 0.642. The molecule has 36 heavy (non-hydrogen) atoms. The highest BCUT2D eigenvalue weighted by atomic mass is 35.5. The molecule has 8 nitrogen and oxygen atoms in total. The first-order valence-electron chi connectivity index (χ1n) is 11.2. The van der Waals surface area contributed by atoms with Gasteiger partial charge in [-0.05, 0) is 61.4 Å². The molecule has 0 heterocycles. The maximum Gasteiger partial charge on any atom is 0.264 e. The number of aryl methyl sites for hydroxylation is 1. The molecule has 0 unspecified atom stereocenters. The van der Waals surface area contributed by atoms with E-state index in [4.69, 9.17) is 16.3 Å². The van der Waals surface area contributed by atoms with E-state index < -0.39 is 22.5 Å². The van der Waals surface area contributed by atoms with Crippen LogP contribution in [0.2, 0.25) is 5.02 Å². The second-order valence-corrected chi connectivity index (χ2v) is 10.3. The largest absolute Gasteiger partial charge is 0.385 e. The maximum absolute atomic E-state index is 13.5. The summed E-state index contributed by atoms with van der Waals surface area (Å²) in [5, 5.41) is 5.92. The molecule has 0 aromatic heterocycles. The summed E-state index contributed by atoms with van der Waals surface area (Å²) < 4.78 is 33.1. The molecule has 2 N–H and O–H groups in total. The highest BCUT2D eigenvalue weighted by Gasteiger charge is 2.28. The Bertz CT molecular complexity index is 1320. The van der Waals surface area contributed by atoms with Gasteiger partial charge in [0.25, 0.3) is 15.9 Å². The van der Waals surface area contributed by atoms with Crippen molar-refractivity contribution in [2.75, 3.05) is 36.4 Å². The van der Waals surface area contributed by atoms with Gasteiger partial charge in [-0.1, -0.05) is 41.9 Å². The monoisotopic (exact) mass is 529 g/mol. The van der Waals surface area contributed by atoms with Gasteiger partial charge < -0.3 is 15.4 Å². The number of nitrogens with one attached hydrogen (secondary N) is 2. The Labute approximate surface area is 216 Å². The van der Waals surface area contributed by atoms with E-state index in [0.29, 0.717) is 35.8 Å². The van der Waals surface area contributed by atoms with Gasteiger partial charge in [0.2, 0.25) is 5.91 Å². The minimum Gasteiger partial charge on any atom is -0.385 e. The second kappa shape index (κ2) is 12.5. The van der Waals surface area contributed by atoms with Crippen molar-refractivity contribution in [1.29, 1.82) is 0 Å². The second-order valence-electron chi connectivity index (χ2n) is 7.95. The molecule has 2 amide bonds. The Morgan fingerprint density at radius 2 is 1.69 bits per heavy atom. The number of methoxy groups -OCH3 is 1. The van der Waals surface area contributed by atoms with Crippen LogP contribution in [0.25, 0.3) is 0 Å². The summed E-state index contributed by atoms with van der Waals surface area (Å²) in [5.41, 5.74) is 1.45. The summed E-state index contributed by atoms with van der Waals surface area (Å²) in [5.74, 6) is -0.965. The minimum absolute atomic E-state index is 0.0444. The molecule has 0 aliphatic rings. The summed E-state index contributed by atoms with van der Waals surface area (Å²) >= 11 is 6.07. The fraction of sp³-hybridized carbons (Fsp3) is 0.231. The van der Waals surface area contributed by atoms with Crippen molar-refractivity contribution in [2.45, 2.75) is 18.2 Å². The van der Waals surface area contributed by atoms with Gasteiger partial charge >= 0.3 is 0 Å². The SMILES string of the molecule is COCCCNC(=O)c1ccccc1NC(=O)CN(c1ccc(Cl)cc1C)S(=O)(=O)c1ccccc1. The minimum atomic E-state index is -4.08. The molecule has 10 heteroatoms. The number of halogens is 1. The van der Waals surface area contributed by atoms with Crippen molar-refractivity contribution in [1.82, 2.24) is 5.32 Å². The highest BCUT2D eigenvalue weighted by molar-refractivity contribution is 7.92. The van der Waals surface area contributed by atoms with E-state index in [2.05, 4.69) is 10.6 Å². The van der Waals surface area contributed by atoms with Gasteiger partial charge in [0.1, 0.15) is 6.54 Å². The van der Waals surface area contributed by atoms with Crippen LogP contribution in [0.5, 0.6) is 0 Å². The van der Waals surface area contributed by atoms with Crippen LogP contribution >= 0.6 is 11.6 Å². The van der Waals surface area contributed by atoms with E-state index >= 15 is 0 Å². The van der Waals surface area contributed by atoms with Crippen LogP contribution < -0.4 is 14.9 Å². The lowest BCUT2D eigenvalue weighted by Gasteiger charge is -2.26. The van der Waals surface area contributed by atoms with Gasteiger partial charge in [-0.25, -0.2) is 8.42 Å². The Hall–Kier alpha value is -3.40. The summed E-state index contributed by atoms with van der Waals surface area (Å²) in [6.45, 7) is 2.13. The number of hydrogen-bond acceptors (Lipinski definition) is 5. The first-order chi connectivity index (χ1) is 17.2. The Morgan fingerprint density at radius 3 is 2.39 bits per heavy atom. The summed E-state index contributed by atoms with van der Waals surface area (Å²) in [6, 6.07) is 19.2. The Morgan fingerprint density at radius 1 is 1.00 bits per heavy atom. The van der Waals surface area contributed by atoms with Gasteiger partial charge in [0.15, 0.2) is 0 Å². The number of carbonyl (C=O) groups excluding carboxylic acids is 2. The number of sulfonamides is 1. The number of rotatable bonds is 11. The van der Waals surface area contributed by atoms with Crippen LogP contribution in [-0.4, -0.2) is 47.0 Å². The molecule has 3 aromatic rings. The standard InChI is InChI=1S/C26H28ClN3O5S/c1-19-17-20(27)13-14-24(19)30(36(33,34)21-9-4-3-5-10-21)18-25(31)29-23-12-7-6-11-22(23)26(32)28-15-8-16-35-2/h3-7,9-14,17H,8,15-16,18H2,1-2H3,(H,28,32)(H,29,31). The van der Waals surface area contributed by atoms with Crippen molar-refractivity contribution < 1.29 is 22.7 Å². The molecule has 0 bridgehead atoms.